The minimum absolute atomic E-state index is 0.0542. The summed E-state index contributed by atoms with van der Waals surface area (Å²) in [6.45, 7) is 12.3. The molecule has 14 heteroatoms. The van der Waals surface area contributed by atoms with Gasteiger partial charge < -0.3 is 29.6 Å². The first kappa shape index (κ1) is 38.7. The van der Waals surface area contributed by atoms with E-state index in [4.69, 9.17) is 24.4 Å². The molecule has 0 bridgehead atoms. The van der Waals surface area contributed by atoms with E-state index in [2.05, 4.69) is 27.5 Å². The van der Waals surface area contributed by atoms with Crippen molar-refractivity contribution in [2.75, 3.05) is 19.0 Å². The van der Waals surface area contributed by atoms with Crippen molar-refractivity contribution in [1.29, 1.82) is 5.41 Å². The molecule has 0 radical (unpaired) electrons. The van der Waals surface area contributed by atoms with Crippen LogP contribution in [0.4, 0.5) is 10.5 Å². The maximum atomic E-state index is 14.0. The average molecular weight is 714 g/mol. The van der Waals surface area contributed by atoms with E-state index in [0.29, 0.717) is 35.0 Å². The van der Waals surface area contributed by atoms with Gasteiger partial charge in [-0.2, -0.15) is 0 Å². The third-order valence-electron chi connectivity index (χ3n) is 7.72. The summed E-state index contributed by atoms with van der Waals surface area (Å²) >= 11 is 0. The third kappa shape index (κ3) is 10.2. The lowest BCUT2D eigenvalue weighted by Gasteiger charge is -2.19. The molecule has 1 saturated carbocycles. The highest BCUT2D eigenvalue weighted by molar-refractivity contribution is 6.11. The van der Waals surface area contributed by atoms with Crippen LogP contribution in [-0.4, -0.2) is 66.7 Å². The monoisotopic (exact) mass is 713 g/mol. The standard InChI is InChI=1S/C38H43N5O9/c1-8-24-17-29(34(44)41-26-13-11-25(12-14-26)33(39)43-38(48)50-21(4)5)28(18-31(24)49-7)27-15-16-30(35(45)40-19-23-9-10-23)42-32(27)37(47)52-22(6)51-36(46)20(2)3/h8,11-18,20-23H,1,9-10,19H2,2-7H3,(H,40,45)(H,41,44)(H2,39,43,48). The van der Waals surface area contributed by atoms with Crippen molar-refractivity contribution in [2.45, 2.75) is 59.9 Å². The predicted octanol–water partition coefficient (Wildman–Crippen LogP) is 5.95. The molecule has 0 aliphatic heterocycles. The molecule has 1 unspecified atom stereocenters. The van der Waals surface area contributed by atoms with Crippen LogP contribution in [-0.2, 0) is 19.0 Å². The molecule has 3 aromatic rings. The van der Waals surface area contributed by atoms with Crippen molar-refractivity contribution in [1.82, 2.24) is 15.6 Å². The number of carbonyl (C=O) groups excluding carboxylic acids is 5. The van der Waals surface area contributed by atoms with Crippen molar-refractivity contribution < 1.29 is 42.9 Å². The fourth-order valence-corrected chi connectivity index (χ4v) is 4.82. The molecule has 274 valence electrons. The van der Waals surface area contributed by atoms with Gasteiger partial charge in [0.05, 0.1) is 19.1 Å². The Hall–Kier alpha value is -6.05. The second-order valence-corrected chi connectivity index (χ2v) is 12.6. The zero-order valence-electron chi connectivity index (χ0n) is 30.0. The number of alkyl carbamates (subject to hydrolysis) is 1. The lowest BCUT2D eigenvalue weighted by atomic mass is 9.94. The van der Waals surface area contributed by atoms with Crippen molar-refractivity contribution in [3.63, 3.8) is 0 Å². The molecule has 1 fully saturated rings. The van der Waals surface area contributed by atoms with Crippen molar-refractivity contribution in [3.05, 3.63) is 83.2 Å². The predicted molar refractivity (Wildman–Crippen MR) is 193 cm³/mol. The van der Waals surface area contributed by atoms with Gasteiger partial charge >= 0.3 is 18.0 Å². The summed E-state index contributed by atoms with van der Waals surface area (Å²) in [5.74, 6) is -2.61. The number of anilines is 1. The molecule has 0 saturated heterocycles. The summed E-state index contributed by atoms with van der Waals surface area (Å²) in [7, 11) is 1.44. The fourth-order valence-electron chi connectivity index (χ4n) is 4.82. The Labute approximate surface area is 301 Å². The molecule has 1 aliphatic rings. The lowest BCUT2D eigenvalue weighted by Crippen LogP contribution is -2.32. The van der Waals surface area contributed by atoms with Crippen LogP contribution in [0.5, 0.6) is 5.75 Å². The van der Waals surface area contributed by atoms with Crippen molar-refractivity contribution in [3.8, 4) is 16.9 Å². The number of methoxy groups -OCH3 is 1. The topological polar surface area (TPSA) is 195 Å². The zero-order valence-corrected chi connectivity index (χ0v) is 30.0. The largest absolute Gasteiger partial charge is 0.496 e. The lowest BCUT2D eigenvalue weighted by molar-refractivity contribution is -0.169. The van der Waals surface area contributed by atoms with E-state index in [1.807, 2.05) is 0 Å². The van der Waals surface area contributed by atoms with Gasteiger partial charge in [0.2, 0.25) is 6.29 Å². The van der Waals surface area contributed by atoms with Gasteiger partial charge in [0.15, 0.2) is 5.69 Å². The molecule has 4 rings (SSSR count). The Morgan fingerprint density at radius 3 is 2.21 bits per heavy atom. The highest BCUT2D eigenvalue weighted by Crippen LogP contribution is 2.35. The number of esters is 2. The summed E-state index contributed by atoms with van der Waals surface area (Å²) in [5.41, 5.74) is 1.27. The van der Waals surface area contributed by atoms with E-state index in [9.17, 15) is 24.0 Å². The number of rotatable bonds is 14. The van der Waals surface area contributed by atoms with E-state index < -0.39 is 42.1 Å². The van der Waals surface area contributed by atoms with Crippen LogP contribution in [0.3, 0.4) is 0 Å². The second kappa shape index (κ2) is 17.2. The van der Waals surface area contributed by atoms with Gasteiger partial charge in [0, 0.05) is 47.0 Å². The number of amides is 3. The van der Waals surface area contributed by atoms with Gasteiger partial charge in [-0.15, -0.1) is 0 Å². The summed E-state index contributed by atoms with van der Waals surface area (Å²) in [6.07, 6.45) is 1.13. The first-order valence-corrected chi connectivity index (χ1v) is 16.7. The Morgan fingerprint density at radius 2 is 1.62 bits per heavy atom. The van der Waals surface area contributed by atoms with Crippen LogP contribution >= 0.6 is 0 Å². The number of hydrogen-bond acceptors (Lipinski definition) is 11. The van der Waals surface area contributed by atoms with Gasteiger partial charge in [0.25, 0.3) is 11.8 Å². The maximum absolute atomic E-state index is 14.0. The number of nitrogens with one attached hydrogen (secondary N) is 4. The molecule has 14 nitrogen and oxygen atoms in total. The highest BCUT2D eigenvalue weighted by Gasteiger charge is 2.28. The Balaban J connectivity index is 1.71. The van der Waals surface area contributed by atoms with Crippen LogP contribution in [0, 0.1) is 17.2 Å². The van der Waals surface area contributed by atoms with E-state index in [0.717, 1.165) is 12.8 Å². The summed E-state index contributed by atoms with van der Waals surface area (Å²) in [6, 6.07) is 12.2. The first-order valence-electron chi connectivity index (χ1n) is 16.7. The Bertz CT molecular complexity index is 1870. The van der Waals surface area contributed by atoms with Crippen LogP contribution in [0.2, 0.25) is 0 Å². The van der Waals surface area contributed by atoms with Gasteiger partial charge in [-0.25, -0.2) is 14.6 Å². The van der Waals surface area contributed by atoms with Crippen molar-refractivity contribution >= 4 is 47.4 Å². The number of nitrogens with zero attached hydrogens (tertiary/aromatic N) is 1. The quantitative estimate of drug-likeness (QED) is 0.0671. The first-order chi connectivity index (χ1) is 24.7. The SMILES string of the molecule is C=Cc1cc(C(=O)Nc2ccc(C(=N)NC(=O)OC(C)C)cc2)c(-c2ccc(C(=O)NCC3CC3)nc2C(=O)OC(C)OC(=O)C(C)C)cc1OC. The molecule has 1 aromatic heterocycles. The third-order valence-corrected chi connectivity index (χ3v) is 7.72. The number of hydrogen-bond donors (Lipinski definition) is 4. The minimum atomic E-state index is -1.29. The van der Waals surface area contributed by atoms with E-state index in [-0.39, 0.29) is 40.0 Å². The fraction of sp³-hybridized carbons (Fsp3) is 0.342. The average Bonchev–Trinajstić information content (AvgIpc) is 3.94. The van der Waals surface area contributed by atoms with Crippen LogP contribution in [0.1, 0.15) is 89.9 Å². The molecule has 2 aromatic carbocycles. The molecular formula is C38H43N5O9. The van der Waals surface area contributed by atoms with E-state index in [1.54, 1.807) is 45.9 Å². The molecule has 4 N–H and O–H groups in total. The number of amidine groups is 1. The number of carbonyl (C=O) groups is 5. The molecule has 0 spiro atoms. The molecule has 1 aliphatic carbocycles. The molecule has 1 atom stereocenters. The normalized spacial score (nSPS) is 12.7. The molecular weight excluding hydrogens is 670 g/mol. The van der Waals surface area contributed by atoms with Crippen LogP contribution in [0.15, 0.2) is 55.1 Å². The van der Waals surface area contributed by atoms with Crippen LogP contribution < -0.4 is 20.7 Å². The van der Waals surface area contributed by atoms with Gasteiger partial charge in [0.1, 0.15) is 17.3 Å². The summed E-state index contributed by atoms with van der Waals surface area (Å²) in [4.78, 5) is 69.2. The van der Waals surface area contributed by atoms with Crippen LogP contribution in [0.25, 0.3) is 17.2 Å². The van der Waals surface area contributed by atoms with Gasteiger partial charge in [-0.1, -0.05) is 26.5 Å². The zero-order chi connectivity index (χ0) is 38.1. The Kier molecular flexibility index (Phi) is 12.9. The maximum Gasteiger partial charge on any atom is 0.413 e. The second-order valence-electron chi connectivity index (χ2n) is 12.6. The number of pyridine rings is 1. The minimum Gasteiger partial charge on any atom is -0.496 e. The van der Waals surface area contributed by atoms with Gasteiger partial charge in [-0.3, -0.25) is 25.1 Å². The van der Waals surface area contributed by atoms with E-state index in [1.165, 1.54) is 50.4 Å². The number of ether oxygens (including phenoxy) is 4. The Morgan fingerprint density at radius 1 is 0.923 bits per heavy atom. The molecule has 1 heterocycles. The van der Waals surface area contributed by atoms with Gasteiger partial charge in [-0.05, 0) is 81.1 Å². The molecule has 52 heavy (non-hydrogen) atoms. The number of aromatic nitrogens is 1. The number of benzene rings is 2. The van der Waals surface area contributed by atoms with E-state index >= 15 is 0 Å². The molecule has 3 amide bonds. The van der Waals surface area contributed by atoms with Crippen molar-refractivity contribution in [2.24, 2.45) is 11.8 Å². The summed E-state index contributed by atoms with van der Waals surface area (Å²) in [5, 5.41) is 16.2. The summed E-state index contributed by atoms with van der Waals surface area (Å²) < 4.78 is 21.3. The highest BCUT2D eigenvalue weighted by atomic mass is 16.7. The smallest absolute Gasteiger partial charge is 0.413 e.